The van der Waals surface area contributed by atoms with Crippen LogP contribution in [-0.4, -0.2) is 56.5 Å². The quantitative estimate of drug-likeness (QED) is 0.447. The lowest BCUT2D eigenvalue weighted by atomic mass is 9.99. The summed E-state index contributed by atoms with van der Waals surface area (Å²) in [6.07, 6.45) is 1.05. The summed E-state index contributed by atoms with van der Waals surface area (Å²) in [6, 6.07) is 11.3. The van der Waals surface area contributed by atoms with Crippen molar-refractivity contribution in [1.82, 2.24) is 8.87 Å². The molecule has 1 amide bonds. The van der Waals surface area contributed by atoms with Crippen LogP contribution < -0.4 is 9.54 Å². The fourth-order valence-electron chi connectivity index (χ4n) is 3.92. The number of piperidine rings is 1. The predicted octanol–water partition coefficient (Wildman–Crippen LogP) is 3.07. The third-order valence-electron chi connectivity index (χ3n) is 5.80. The van der Waals surface area contributed by atoms with Crippen molar-refractivity contribution in [1.29, 1.82) is 0 Å². The second kappa shape index (κ2) is 10.5. The van der Waals surface area contributed by atoms with E-state index in [0.717, 1.165) is 4.70 Å². The first-order valence-electron chi connectivity index (χ1n) is 10.8. The van der Waals surface area contributed by atoms with Crippen LogP contribution in [0.4, 0.5) is 0 Å². The van der Waals surface area contributed by atoms with Gasteiger partial charge >= 0.3 is 5.97 Å². The molecule has 4 rings (SSSR count). The molecule has 186 valence electrons. The molecule has 0 bridgehead atoms. The summed E-state index contributed by atoms with van der Waals surface area (Å²) < 4.78 is 40.0. The van der Waals surface area contributed by atoms with Gasteiger partial charge in [0.15, 0.2) is 4.80 Å². The minimum Gasteiger partial charge on any atom is -0.497 e. The first kappa shape index (κ1) is 25.4. The van der Waals surface area contributed by atoms with Gasteiger partial charge in [-0.1, -0.05) is 22.9 Å². The molecule has 0 N–H and O–H groups in total. The highest BCUT2D eigenvalue weighted by Gasteiger charge is 2.33. The van der Waals surface area contributed by atoms with Crippen LogP contribution in [0.3, 0.4) is 0 Å². The number of esters is 1. The summed E-state index contributed by atoms with van der Waals surface area (Å²) in [6.45, 7) is 0.236. The molecule has 1 aromatic heterocycles. The van der Waals surface area contributed by atoms with E-state index < -0.39 is 27.8 Å². The van der Waals surface area contributed by atoms with Crippen LogP contribution in [0.2, 0.25) is 5.02 Å². The number of amides is 1. The summed E-state index contributed by atoms with van der Waals surface area (Å²) in [4.78, 5) is 30.0. The zero-order valence-electron chi connectivity index (χ0n) is 19.1. The number of nitrogens with zero attached hydrogens (tertiary/aromatic N) is 3. The number of hydrogen-bond acceptors (Lipinski definition) is 7. The number of sulfonamides is 1. The molecule has 1 atom stereocenters. The normalized spacial score (nSPS) is 17.5. The van der Waals surface area contributed by atoms with Crippen molar-refractivity contribution in [2.24, 2.45) is 10.9 Å². The molecule has 3 aromatic rings. The second-order valence-corrected chi connectivity index (χ2v) is 11.4. The Labute approximate surface area is 211 Å². The zero-order chi connectivity index (χ0) is 25.2. The third kappa shape index (κ3) is 5.43. The summed E-state index contributed by atoms with van der Waals surface area (Å²) in [7, 11) is -0.924. The van der Waals surface area contributed by atoms with Crippen molar-refractivity contribution in [2.75, 3.05) is 27.3 Å². The van der Waals surface area contributed by atoms with Crippen molar-refractivity contribution in [3.63, 3.8) is 0 Å². The lowest BCUT2D eigenvalue weighted by Crippen LogP contribution is -2.42. The summed E-state index contributed by atoms with van der Waals surface area (Å²) in [5, 5.41) is 0.440. The van der Waals surface area contributed by atoms with Crippen molar-refractivity contribution in [3.05, 3.63) is 52.3 Å². The van der Waals surface area contributed by atoms with Crippen LogP contribution in [0.15, 0.2) is 52.4 Å². The molecule has 2 aromatic carbocycles. The van der Waals surface area contributed by atoms with Crippen LogP contribution in [-0.2, 0) is 30.9 Å². The number of aromatic nitrogens is 1. The van der Waals surface area contributed by atoms with E-state index in [1.807, 2.05) is 0 Å². The van der Waals surface area contributed by atoms with Crippen molar-refractivity contribution in [2.45, 2.75) is 24.3 Å². The van der Waals surface area contributed by atoms with E-state index in [-0.39, 0.29) is 18.0 Å². The van der Waals surface area contributed by atoms with Gasteiger partial charge in [0, 0.05) is 18.1 Å². The summed E-state index contributed by atoms with van der Waals surface area (Å²) in [5.74, 6) is -0.875. The molecule has 35 heavy (non-hydrogen) atoms. The van der Waals surface area contributed by atoms with Gasteiger partial charge in [0.25, 0.3) is 5.91 Å². The molecule has 1 aliphatic rings. The fraction of sp³-hybridized carbons (Fsp3) is 0.348. The Morgan fingerprint density at radius 1 is 1.17 bits per heavy atom. The first-order valence-corrected chi connectivity index (χ1v) is 13.4. The number of hydrogen-bond donors (Lipinski definition) is 0. The Hall–Kier alpha value is -2.73. The van der Waals surface area contributed by atoms with Gasteiger partial charge in [-0.3, -0.25) is 9.59 Å². The van der Waals surface area contributed by atoms with Crippen molar-refractivity contribution < 1.29 is 27.5 Å². The highest BCUT2D eigenvalue weighted by atomic mass is 35.5. The summed E-state index contributed by atoms with van der Waals surface area (Å²) >= 11 is 7.13. The lowest BCUT2D eigenvalue weighted by molar-refractivity contribution is -0.141. The largest absolute Gasteiger partial charge is 0.497 e. The van der Waals surface area contributed by atoms with Crippen LogP contribution in [0.25, 0.3) is 10.2 Å². The molecule has 0 aliphatic carbocycles. The number of benzene rings is 2. The Morgan fingerprint density at radius 2 is 1.91 bits per heavy atom. The van der Waals surface area contributed by atoms with E-state index in [2.05, 4.69) is 4.99 Å². The van der Waals surface area contributed by atoms with E-state index in [4.69, 9.17) is 21.1 Å². The smallest absolute Gasteiger partial charge is 0.325 e. The molecule has 0 radical (unpaired) electrons. The topological polar surface area (TPSA) is 107 Å². The SMILES string of the molecule is COC(=O)Cn1c(=NC(=O)C2CCCN(S(=O)(=O)c3ccc(Cl)cc3)C2)sc2cc(OC)ccc21. The van der Waals surface area contributed by atoms with Gasteiger partial charge in [-0.2, -0.15) is 9.30 Å². The van der Waals surface area contributed by atoms with Crippen LogP contribution >= 0.6 is 22.9 Å². The number of thiazole rings is 1. The van der Waals surface area contributed by atoms with Gasteiger partial charge in [0.1, 0.15) is 12.3 Å². The minimum atomic E-state index is -3.77. The maximum Gasteiger partial charge on any atom is 0.325 e. The number of ether oxygens (including phenoxy) is 2. The molecule has 0 saturated carbocycles. The average molecular weight is 538 g/mol. The van der Waals surface area contributed by atoms with Crippen LogP contribution in [0, 0.1) is 5.92 Å². The number of halogens is 1. The minimum absolute atomic E-state index is 0.0308. The number of carbonyl (C=O) groups is 2. The van der Waals surface area contributed by atoms with Gasteiger partial charge in [-0.25, -0.2) is 8.42 Å². The van der Waals surface area contributed by atoms with Gasteiger partial charge in [-0.15, -0.1) is 0 Å². The summed E-state index contributed by atoms with van der Waals surface area (Å²) in [5.41, 5.74) is 0.711. The Morgan fingerprint density at radius 3 is 2.60 bits per heavy atom. The fourth-order valence-corrected chi connectivity index (χ4v) is 6.63. The molecule has 0 spiro atoms. The van der Waals surface area contributed by atoms with Crippen LogP contribution in [0.1, 0.15) is 12.8 Å². The van der Waals surface area contributed by atoms with Gasteiger partial charge in [-0.05, 0) is 55.3 Å². The molecule has 1 saturated heterocycles. The van der Waals surface area contributed by atoms with Gasteiger partial charge in [0.05, 0.1) is 35.2 Å². The zero-order valence-corrected chi connectivity index (χ0v) is 21.5. The Kier molecular flexibility index (Phi) is 7.60. The Bertz CT molecular complexity index is 1430. The average Bonchev–Trinajstić information content (AvgIpc) is 3.19. The predicted molar refractivity (Wildman–Crippen MR) is 132 cm³/mol. The first-order chi connectivity index (χ1) is 16.7. The van der Waals surface area contributed by atoms with E-state index >= 15 is 0 Å². The highest BCUT2D eigenvalue weighted by molar-refractivity contribution is 7.89. The molecule has 9 nitrogen and oxygen atoms in total. The second-order valence-electron chi connectivity index (χ2n) is 7.99. The maximum absolute atomic E-state index is 13.2. The van der Waals surface area contributed by atoms with Crippen molar-refractivity contribution >= 4 is 55.1 Å². The van der Waals surface area contributed by atoms with Gasteiger partial charge in [0.2, 0.25) is 10.0 Å². The monoisotopic (exact) mass is 537 g/mol. The molecule has 2 heterocycles. The molecule has 1 unspecified atom stereocenters. The number of methoxy groups -OCH3 is 2. The molecular weight excluding hydrogens is 514 g/mol. The van der Waals surface area contributed by atoms with E-state index in [9.17, 15) is 18.0 Å². The molecule has 1 aliphatic heterocycles. The number of rotatable bonds is 6. The van der Waals surface area contributed by atoms with Gasteiger partial charge < -0.3 is 14.0 Å². The highest BCUT2D eigenvalue weighted by Crippen LogP contribution is 2.26. The molecule has 1 fully saturated rings. The number of carbonyl (C=O) groups excluding carboxylic acids is 2. The van der Waals surface area contributed by atoms with E-state index in [1.165, 1.54) is 47.0 Å². The standard InChI is InChI=1S/C23H24ClN3O6S2/c1-32-17-7-10-19-20(12-17)34-23(27(19)14-21(28)33-2)25-22(29)15-4-3-11-26(13-15)35(30,31)18-8-5-16(24)6-9-18/h5-10,12,15H,3-4,11,13-14H2,1-2H3. The van der Waals surface area contributed by atoms with Crippen molar-refractivity contribution in [3.8, 4) is 5.75 Å². The van der Waals surface area contributed by atoms with Crippen LogP contribution in [0.5, 0.6) is 5.75 Å². The lowest BCUT2D eigenvalue weighted by Gasteiger charge is -2.30. The Balaban J connectivity index is 1.65. The molecule has 12 heteroatoms. The van der Waals surface area contributed by atoms with E-state index in [0.29, 0.717) is 40.5 Å². The molecular formula is C23H24ClN3O6S2. The van der Waals surface area contributed by atoms with E-state index in [1.54, 1.807) is 29.9 Å². The maximum atomic E-state index is 13.2. The third-order valence-corrected chi connectivity index (χ3v) is 8.97. The number of fused-ring (bicyclic) bond motifs is 1.